The molecular weight excluding hydrogens is 226 g/mol. The van der Waals surface area contributed by atoms with Crippen molar-refractivity contribution in [3.63, 3.8) is 0 Å². The van der Waals surface area contributed by atoms with Crippen LogP contribution in [0.15, 0.2) is 12.1 Å². The summed E-state index contributed by atoms with van der Waals surface area (Å²) in [7, 11) is 0. The molecule has 2 aromatic rings. The Labute approximate surface area is 106 Å². The maximum absolute atomic E-state index is 5.46. The Bertz CT molecular complexity index is 649. The van der Waals surface area contributed by atoms with E-state index in [0.717, 1.165) is 23.4 Å². The molecule has 0 saturated heterocycles. The first kappa shape index (κ1) is 10.2. The second-order valence-corrected chi connectivity index (χ2v) is 5.09. The molecule has 0 N–H and O–H groups in total. The molecule has 0 amide bonds. The van der Waals surface area contributed by atoms with Crippen LogP contribution in [-0.4, -0.2) is 11.8 Å². The van der Waals surface area contributed by atoms with Crippen LogP contribution in [0.25, 0.3) is 10.9 Å². The number of nitrogens with zero attached hydrogens (tertiary/aromatic N) is 1. The molecule has 0 radical (unpaired) electrons. The van der Waals surface area contributed by atoms with Crippen molar-refractivity contribution in [1.82, 2.24) is 4.98 Å². The molecule has 3 heteroatoms. The van der Waals surface area contributed by atoms with E-state index in [1.165, 1.54) is 41.5 Å². The third-order valence-corrected chi connectivity index (χ3v) is 4.04. The second-order valence-electron chi connectivity index (χ2n) is 5.09. The number of aryl methyl sites for hydroxylation is 2. The number of hydrogen-bond acceptors (Lipinski definition) is 3. The van der Waals surface area contributed by atoms with Gasteiger partial charge in [0.15, 0.2) is 11.5 Å². The second kappa shape index (κ2) is 3.61. The van der Waals surface area contributed by atoms with Gasteiger partial charge < -0.3 is 9.47 Å². The monoisotopic (exact) mass is 241 g/mol. The van der Waals surface area contributed by atoms with Crippen molar-refractivity contribution < 1.29 is 9.47 Å². The molecule has 0 saturated carbocycles. The topological polar surface area (TPSA) is 31.4 Å². The molecule has 2 aliphatic rings. The van der Waals surface area contributed by atoms with Crippen LogP contribution in [0.4, 0.5) is 0 Å². The van der Waals surface area contributed by atoms with Crippen molar-refractivity contribution in [2.45, 2.75) is 32.6 Å². The van der Waals surface area contributed by atoms with Crippen LogP contribution in [0.3, 0.4) is 0 Å². The number of benzene rings is 1. The zero-order valence-corrected chi connectivity index (χ0v) is 10.5. The largest absolute Gasteiger partial charge is 0.454 e. The SMILES string of the molecule is Cc1c2c(nc3cc4c(cc13)OCO4)CCCC2. The highest BCUT2D eigenvalue weighted by Gasteiger charge is 2.20. The average molecular weight is 241 g/mol. The highest BCUT2D eigenvalue weighted by molar-refractivity contribution is 5.87. The van der Waals surface area contributed by atoms with Crippen LogP contribution < -0.4 is 9.47 Å². The molecule has 2 heterocycles. The van der Waals surface area contributed by atoms with Crippen molar-refractivity contribution in [2.24, 2.45) is 0 Å². The summed E-state index contributed by atoms with van der Waals surface area (Å²) in [5.41, 5.74) is 5.14. The first-order valence-electron chi connectivity index (χ1n) is 6.54. The number of aromatic nitrogens is 1. The molecule has 1 aliphatic heterocycles. The fourth-order valence-electron chi connectivity index (χ4n) is 3.05. The maximum Gasteiger partial charge on any atom is 0.231 e. The van der Waals surface area contributed by atoms with Gasteiger partial charge in [-0.2, -0.15) is 0 Å². The normalized spacial score (nSPS) is 16.9. The molecule has 1 aromatic heterocycles. The first-order valence-corrected chi connectivity index (χ1v) is 6.54. The van der Waals surface area contributed by atoms with E-state index < -0.39 is 0 Å². The van der Waals surface area contributed by atoms with Crippen molar-refractivity contribution in [3.05, 3.63) is 29.0 Å². The van der Waals surface area contributed by atoms with Gasteiger partial charge in [-0.25, -0.2) is 0 Å². The molecule has 4 rings (SSSR count). The van der Waals surface area contributed by atoms with Gasteiger partial charge in [0.2, 0.25) is 6.79 Å². The molecular formula is C15H15NO2. The minimum atomic E-state index is 0.324. The van der Waals surface area contributed by atoms with Gasteiger partial charge in [-0.1, -0.05) is 0 Å². The van der Waals surface area contributed by atoms with Gasteiger partial charge in [-0.15, -0.1) is 0 Å². The Balaban J connectivity index is 2.04. The molecule has 0 atom stereocenters. The van der Waals surface area contributed by atoms with E-state index in [-0.39, 0.29) is 0 Å². The number of hydrogen-bond donors (Lipinski definition) is 0. The van der Waals surface area contributed by atoms with E-state index in [1.54, 1.807) is 0 Å². The number of rotatable bonds is 0. The molecule has 3 nitrogen and oxygen atoms in total. The molecule has 0 spiro atoms. The zero-order valence-electron chi connectivity index (χ0n) is 10.5. The Morgan fingerprint density at radius 1 is 1.06 bits per heavy atom. The summed E-state index contributed by atoms with van der Waals surface area (Å²) in [4.78, 5) is 4.82. The molecule has 18 heavy (non-hydrogen) atoms. The van der Waals surface area contributed by atoms with Gasteiger partial charge in [0.05, 0.1) is 5.52 Å². The molecule has 1 aromatic carbocycles. The fourth-order valence-corrected chi connectivity index (χ4v) is 3.05. The molecule has 0 unspecified atom stereocenters. The van der Waals surface area contributed by atoms with Crippen molar-refractivity contribution in [2.75, 3.05) is 6.79 Å². The van der Waals surface area contributed by atoms with Gasteiger partial charge in [0.25, 0.3) is 0 Å². The van der Waals surface area contributed by atoms with Crippen molar-refractivity contribution in [3.8, 4) is 11.5 Å². The standard InChI is InChI=1S/C15H15NO2/c1-9-10-4-2-3-5-12(10)16-13-7-15-14(6-11(9)13)17-8-18-15/h6-7H,2-5,8H2,1H3. The van der Waals surface area contributed by atoms with Crippen LogP contribution in [0.1, 0.15) is 29.7 Å². The number of pyridine rings is 1. The lowest BCUT2D eigenvalue weighted by Crippen LogP contribution is -2.08. The lowest BCUT2D eigenvalue weighted by molar-refractivity contribution is 0.174. The van der Waals surface area contributed by atoms with E-state index in [4.69, 9.17) is 14.5 Å². The average Bonchev–Trinajstić information content (AvgIpc) is 2.84. The Hall–Kier alpha value is -1.77. The first-order chi connectivity index (χ1) is 8.83. The molecule has 92 valence electrons. The Morgan fingerprint density at radius 2 is 1.83 bits per heavy atom. The fraction of sp³-hybridized carbons (Fsp3) is 0.400. The van der Waals surface area contributed by atoms with Crippen LogP contribution >= 0.6 is 0 Å². The summed E-state index contributed by atoms with van der Waals surface area (Å²) < 4.78 is 10.9. The number of fused-ring (bicyclic) bond motifs is 3. The summed E-state index contributed by atoms with van der Waals surface area (Å²) in [6, 6.07) is 4.09. The smallest absolute Gasteiger partial charge is 0.231 e. The van der Waals surface area contributed by atoms with Crippen molar-refractivity contribution in [1.29, 1.82) is 0 Å². The third kappa shape index (κ3) is 1.33. The summed E-state index contributed by atoms with van der Waals surface area (Å²) >= 11 is 0. The van der Waals surface area contributed by atoms with E-state index in [2.05, 4.69) is 13.0 Å². The third-order valence-electron chi connectivity index (χ3n) is 4.04. The molecule has 1 aliphatic carbocycles. The minimum absolute atomic E-state index is 0.324. The van der Waals surface area contributed by atoms with Crippen LogP contribution in [0.5, 0.6) is 11.5 Å². The van der Waals surface area contributed by atoms with Crippen LogP contribution in [0.2, 0.25) is 0 Å². The van der Waals surface area contributed by atoms with Gasteiger partial charge in [0.1, 0.15) is 0 Å². The van der Waals surface area contributed by atoms with Gasteiger partial charge >= 0.3 is 0 Å². The van der Waals surface area contributed by atoms with Crippen LogP contribution in [-0.2, 0) is 12.8 Å². The van der Waals surface area contributed by atoms with Crippen molar-refractivity contribution >= 4 is 10.9 Å². The highest BCUT2D eigenvalue weighted by Crippen LogP contribution is 2.38. The molecule has 0 fully saturated rings. The lowest BCUT2D eigenvalue weighted by Gasteiger charge is -2.19. The zero-order chi connectivity index (χ0) is 12.1. The Morgan fingerprint density at radius 3 is 2.72 bits per heavy atom. The summed E-state index contributed by atoms with van der Waals surface area (Å²) in [6.07, 6.45) is 4.82. The van der Waals surface area contributed by atoms with Crippen LogP contribution in [0, 0.1) is 6.92 Å². The summed E-state index contributed by atoms with van der Waals surface area (Å²) in [5, 5.41) is 1.21. The predicted octanol–water partition coefficient (Wildman–Crippen LogP) is 3.15. The van der Waals surface area contributed by atoms with E-state index in [1.807, 2.05) is 6.07 Å². The van der Waals surface area contributed by atoms with E-state index in [0.29, 0.717) is 6.79 Å². The summed E-state index contributed by atoms with van der Waals surface area (Å²) in [5.74, 6) is 1.67. The summed E-state index contributed by atoms with van der Waals surface area (Å²) in [6.45, 7) is 2.53. The van der Waals surface area contributed by atoms with E-state index in [9.17, 15) is 0 Å². The highest BCUT2D eigenvalue weighted by atomic mass is 16.7. The van der Waals surface area contributed by atoms with Gasteiger partial charge in [0, 0.05) is 17.1 Å². The molecule has 0 bridgehead atoms. The predicted molar refractivity (Wildman–Crippen MR) is 69.2 cm³/mol. The Kier molecular flexibility index (Phi) is 2.04. The quantitative estimate of drug-likeness (QED) is 0.710. The van der Waals surface area contributed by atoms with E-state index >= 15 is 0 Å². The van der Waals surface area contributed by atoms with Gasteiger partial charge in [-0.3, -0.25) is 4.98 Å². The number of ether oxygens (including phenoxy) is 2. The van der Waals surface area contributed by atoms with Gasteiger partial charge in [-0.05, 0) is 49.8 Å². The maximum atomic E-state index is 5.46. The lowest BCUT2D eigenvalue weighted by atomic mass is 9.90. The minimum Gasteiger partial charge on any atom is -0.454 e.